The third-order valence-corrected chi connectivity index (χ3v) is 7.50. The van der Waals surface area contributed by atoms with Crippen molar-refractivity contribution in [3.63, 3.8) is 0 Å². The van der Waals surface area contributed by atoms with Crippen molar-refractivity contribution >= 4 is 29.5 Å². The number of aliphatic imine (C=N–C) groups is 1. The van der Waals surface area contributed by atoms with Gasteiger partial charge in [0, 0.05) is 10.3 Å². The van der Waals surface area contributed by atoms with Crippen molar-refractivity contribution in [1.29, 1.82) is 0 Å². The number of cyclic esters (lactones) is 1. The number of ether oxygens (including phenoxy) is 4. The Morgan fingerprint density at radius 1 is 1.16 bits per heavy atom. The van der Waals surface area contributed by atoms with Crippen LogP contribution in [0.25, 0.3) is 6.08 Å². The first kappa shape index (κ1) is 21.5. The fourth-order valence-corrected chi connectivity index (χ4v) is 7.08. The van der Waals surface area contributed by atoms with E-state index in [1.807, 2.05) is 0 Å². The Morgan fingerprint density at radius 2 is 1.78 bits per heavy atom. The molecule has 32 heavy (non-hydrogen) atoms. The van der Waals surface area contributed by atoms with E-state index in [0.717, 1.165) is 32.1 Å². The van der Waals surface area contributed by atoms with Gasteiger partial charge in [0.15, 0.2) is 17.2 Å². The lowest BCUT2D eigenvalue weighted by Crippen LogP contribution is -2.56. The van der Waals surface area contributed by atoms with Crippen molar-refractivity contribution in [2.45, 2.75) is 50.0 Å². The van der Waals surface area contributed by atoms with Crippen LogP contribution in [0, 0.1) is 17.3 Å². The summed E-state index contributed by atoms with van der Waals surface area (Å²) in [5, 5.41) is 0. The van der Waals surface area contributed by atoms with Gasteiger partial charge in [-0.25, -0.2) is 9.79 Å². The maximum atomic E-state index is 12.8. The van der Waals surface area contributed by atoms with Gasteiger partial charge >= 0.3 is 12.6 Å². The van der Waals surface area contributed by atoms with Gasteiger partial charge in [-0.15, -0.1) is 11.6 Å². The van der Waals surface area contributed by atoms with Gasteiger partial charge in [0.25, 0.3) is 0 Å². The van der Waals surface area contributed by atoms with Crippen LogP contribution in [0.5, 0.6) is 17.2 Å². The van der Waals surface area contributed by atoms with E-state index in [2.05, 4.69) is 9.73 Å². The zero-order chi connectivity index (χ0) is 22.7. The van der Waals surface area contributed by atoms with E-state index in [1.165, 1.54) is 38.8 Å². The second-order valence-corrected chi connectivity index (χ2v) is 10.2. The minimum Gasteiger partial charge on any atom is -0.493 e. The summed E-state index contributed by atoms with van der Waals surface area (Å²) in [4.78, 5) is 17.0. The second-order valence-electron chi connectivity index (χ2n) is 9.36. The smallest absolute Gasteiger partial charge is 0.387 e. The number of hydrogen-bond acceptors (Lipinski definition) is 6. The molecule has 6 rings (SSSR count). The second kappa shape index (κ2) is 7.61. The minimum absolute atomic E-state index is 0.0530. The van der Waals surface area contributed by atoms with Gasteiger partial charge in [-0.2, -0.15) is 8.78 Å². The Hall–Kier alpha value is -2.35. The molecule has 6 nitrogen and oxygen atoms in total. The minimum atomic E-state index is -3.04. The molecule has 1 heterocycles. The summed E-state index contributed by atoms with van der Waals surface area (Å²) in [6.45, 7) is -3.04. The van der Waals surface area contributed by atoms with Gasteiger partial charge < -0.3 is 18.9 Å². The van der Waals surface area contributed by atoms with Gasteiger partial charge in [-0.3, -0.25) is 0 Å². The molecule has 1 aromatic carbocycles. The highest BCUT2D eigenvalue weighted by Gasteiger charge is 2.60. The van der Waals surface area contributed by atoms with Gasteiger partial charge in [0.2, 0.25) is 11.6 Å². The highest BCUT2D eigenvalue weighted by atomic mass is 35.5. The van der Waals surface area contributed by atoms with Crippen LogP contribution in [0.1, 0.15) is 44.1 Å². The van der Waals surface area contributed by atoms with Crippen molar-refractivity contribution in [2.75, 3.05) is 14.2 Å². The first-order valence-corrected chi connectivity index (χ1v) is 11.0. The number of halogens is 3. The summed E-state index contributed by atoms with van der Waals surface area (Å²) >= 11 is 6.92. The molecule has 4 bridgehead atoms. The van der Waals surface area contributed by atoms with E-state index in [4.69, 9.17) is 25.8 Å². The molecule has 172 valence electrons. The predicted molar refractivity (Wildman–Crippen MR) is 113 cm³/mol. The Morgan fingerprint density at radius 3 is 2.31 bits per heavy atom. The fraction of sp³-hybridized carbons (Fsp3) is 0.565. The summed E-state index contributed by atoms with van der Waals surface area (Å²) in [6, 6.07) is 2.96. The number of alkyl halides is 3. The number of nitrogens with zero attached hydrogens (tertiary/aromatic N) is 1. The third-order valence-electron chi connectivity index (χ3n) is 7.06. The van der Waals surface area contributed by atoms with Crippen LogP contribution in [-0.2, 0) is 9.53 Å². The SMILES string of the molecule is COc1cc(/C=C2\N=C(C34C[C@@H]5C[C@@H](CC(Cl)(C5)C3)C4)OC2=O)cc(OC)c1OC(F)F. The van der Waals surface area contributed by atoms with E-state index >= 15 is 0 Å². The van der Waals surface area contributed by atoms with E-state index in [9.17, 15) is 13.6 Å². The first-order valence-electron chi connectivity index (χ1n) is 10.7. The molecule has 4 atom stereocenters. The largest absolute Gasteiger partial charge is 0.493 e. The number of carbonyl (C=O) groups is 1. The van der Waals surface area contributed by atoms with Crippen molar-refractivity contribution in [3.05, 3.63) is 23.4 Å². The molecule has 0 aromatic heterocycles. The summed E-state index contributed by atoms with van der Waals surface area (Å²) in [5.41, 5.74) is 0.337. The fourth-order valence-electron chi connectivity index (χ4n) is 6.38. The highest BCUT2D eigenvalue weighted by Crippen LogP contribution is 2.64. The number of benzene rings is 1. The normalized spacial score (nSPS) is 34.1. The summed E-state index contributed by atoms with van der Waals surface area (Å²) in [5.74, 6) is 0.897. The molecule has 1 aromatic rings. The lowest BCUT2D eigenvalue weighted by molar-refractivity contribution is -0.131. The van der Waals surface area contributed by atoms with Crippen LogP contribution in [0.4, 0.5) is 8.78 Å². The Kier molecular flexibility index (Phi) is 5.11. The molecule has 4 saturated carbocycles. The Bertz CT molecular complexity index is 985. The van der Waals surface area contributed by atoms with E-state index < -0.39 is 12.6 Å². The maximum Gasteiger partial charge on any atom is 0.387 e. The standard InChI is InChI=1S/C23H24ClF2NO5/c1-29-16-5-12(6-17(30-2)18(16)31-21(25)26)4-15-19(28)32-20(27-15)22-7-13-3-14(8-22)10-23(24,9-13)11-22/h4-6,13-14,21H,3,7-11H2,1-2H3/b15-4-/t13-,14+,22?,23?. The van der Waals surface area contributed by atoms with Gasteiger partial charge in [0.1, 0.15) is 0 Å². The molecule has 4 fully saturated rings. The van der Waals surface area contributed by atoms with Crippen LogP contribution in [0.2, 0.25) is 0 Å². The topological polar surface area (TPSA) is 66.4 Å². The van der Waals surface area contributed by atoms with Gasteiger partial charge in [-0.1, -0.05) is 0 Å². The number of rotatable bonds is 6. The molecule has 2 unspecified atom stereocenters. The lowest BCUT2D eigenvalue weighted by atomic mass is 9.49. The summed E-state index contributed by atoms with van der Waals surface area (Å²) in [7, 11) is 2.66. The zero-order valence-electron chi connectivity index (χ0n) is 17.8. The molecular weight excluding hydrogens is 444 g/mol. The zero-order valence-corrected chi connectivity index (χ0v) is 18.6. The van der Waals surface area contributed by atoms with Gasteiger partial charge in [-0.05, 0) is 74.1 Å². The molecule has 1 aliphatic heterocycles. The van der Waals surface area contributed by atoms with E-state index in [-0.39, 0.29) is 33.2 Å². The van der Waals surface area contributed by atoms with Crippen molar-refractivity contribution < 1.29 is 32.5 Å². The molecule has 9 heteroatoms. The quantitative estimate of drug-likeness (QED) is 0.327. The van der Waals surface area contributed by atoms with E-state index in [1.54, 1.807) is 0 Å². The van der Waals surface area contributed by atoms with Crippen molar-refractivity contribution in [3.8, 4) is 17.2 Å². The molecule has 0 amide bonds. The molecular formula is C23H24ClF2NO5. The maximum absolute atomic E-state index is 12.8. The molecule has 0 spiro atoms. The molecule has 0 radical (unpaired) electrons. The first-order chi connectivity index (χ1) is 15.2. The average molecular weight is 468 g/mol. The predicted octanol–water partition coefficient (Wildman–Crippen LogP) is 5.18. The molecule has 0 N–H and O–H groups in total. The highest BCUT2D eigenvalue weighted by molar-refractivity contribution is 6.24. The molecule has 5 aliphatic rings. The third kappa shape index (κ3) is 3.62. The number of carbonyl (C=O) groups excluding carboxylic acids is 1. The summed E-state index contributed by atoms with van der Waals surface area (Å²) < 4.78 is 46.1. The molecule has 0 saturated heterocycles. The van der Waals surface area contributed by atoms with Crippen LogP contribution < -0.4 is 14.2 Å². The van der Waals surface area contributed by atoms with E-state index in [0.29, 0.717) is 23.3 Å². The molecule has 4 aliphatic carbocycles. The average Bonchev–Trinajstić information content (AvgIpc) is 3.07. The van der Waals surface area contributed by atoms with Crippen LogP contribution in [-0.4, -0.2) is 37.6 Å². The Labute approximate surface area is 189 Å². The Balaban J connectivity index is 1.48. The number of esters is 1. The van der Waals surface area contributed by atoms with Crippen LogP contribution >= 0.6 is 11.6 Å². The van der Waals surface area contributed by atoms with Crippen LogP contribution in [0.3, 0.4) is 0 Å². The van der Waals surface area contributed by atoms with Crippen LogP contribution in [0.15, 0.2) is 22.8 Å². The van der Waals surface area contributed by atoms with Crippen molar-refractivity contribution in [2.24, 2.45) is 22.2 Å². The summed E-state index contributed by atoms with van der Waals surface area (Å²) in [6.07, 6.45) is 7.41. The number of methoxy groups -OCH3 is 2. The monoisotopic (exact) mass is 467 g/mol. The van der Waals surface area contributed by atoms with Gasteiger partial charge in [0.05, 0.1) is 14.2 Å². The number of hydrogen-bond donors (Lipinski definition) is 0. The lowest BCUT2D eigenvalue weighted by Gasteiger charge is -2.59. The van der Waals surface area contributed by atoms with Crippen molar-refractivity contribution in [1.82, 2.24) is 0 Å².